The molecular weight excluding hydrogens is 334 g/mol. The zero-order valence-corrected chi connectivity index (χ0v) is 13.9. The number of halogens is 1. The van der Waals surface area contributed by atoms with Crippen LogP contribution in [0.3, 0.4) is 0 Å². The smallest absolute Gasteiger partial charge is 0.326 e. The summed E-state index contributed by atoms with van der Waals surface area (Å²) in [7, 11) is -1.29. The number of hydrogen-bond acceptors (Lipinski definition) is 4. The van der Waals surface area contributed by atoms with E-state index in [1.807, 2.05) is 0 Å². The van der Waals surface area contributed by atoms with Gasteiger partial charge < -0.3 is 15.2 Å². The zero-order valence-electron chi connectivity index (χ0n) is 11.4. The van der Waals surface area contributed by atoms with E-state index in [0.29, 0.717) is 6.61 Å². The minimum absolute atomic E-state index is 0.0124. The number of ether oxygens (including phenoxy) is 1. The van der Waals surface area contributed by atoms with E-state index < -0.39 is 32.0 Å². The highest BCUT2D eigenvalue weighted by Gasteiger charge is 2.24. The molecule has 0 saturated heterocycles. The number of nitrogens with one attached hydrogen (secondary N) is 1. The minimum Gasteiger partial charge on any atom is -0.480 e. The van der Waals surface area contributed by atoms with Gasteiger partial charge in [0, 0.05) is 8.07 Å². The van der Waals surface area contributed by atoms with E-state index in [4.69, 9.17) is 9.84 Å². The van der Waals surface area contributed by atoms with Crippen molar-refractivity contribution >= 4 is 41.8 Å². The molecule has 0 heterocycles. The van der Waals surface area contributed by atoms with E-state index in [1.165, 1.54) is 0 Å². The van der Waals surface area contributed by atoms with E-state index in [0.717, 1.165) is 6.04 Å². The third-order valence-corrected chi connectivity index (χ3v) is 4.45. The van der Waals surface area contributed by atoms with Gasteiger partial charge in [0.05, 0.1) is 18.4 Å². The number of carbonyl (C=O) groups is 3. The molecule has 110 valence electrons. The van der Waals surface area contributed by atoms with Crippen LogP contribution < -0.4 is 5.32 Å². The van der Waals surface area contributed by atoms with Gasteiger partial charge in [-0.15, -0.1) is 0 Å². The average Bonchev–Trinajstić information content (AvgIpc) is 2.25. The number of esters is 1. The second kappa shape index (κ2) is 8.31. The van der Waals surface area contributed by atoms with Crippen LogP contribution in [-0.4, -0.2) is 49.0 Å². The lowest BCUT2D eigenvalue weighted by Crippen LogP contribution is -2.43. The molecular formula is C11H20BrNO5Si. The van der Waals surface area contributed by atoms with Gasteiger partial charge >= 0.3 is 11.9 Å². The Morgan fingerprint density at radius 3 is 2.32 bits per heavy atom. The van der Waals surface area contributed by atoms with Crippen molar-refractivity contribution in [3.63, 3.8) is 0 Å². The average molecular weight is 354 g/mol. The molecule has 0 aromatic heterocycles. The van der Waals surface area contributed by atoms with Crippen LogP contribution in [-0.2, 0) is 19.1 Å². The Morgan fingerprint density at radius 1 is 1.32 bits per heavy atom. The molecule has 0 aromatic carbocycles. The van der Waals surface area contributed by atoms with Crippen LogP contribution in [0.15, 0.2) is 0 Å². The highest BCUT2D eigenvalue weighted by molar-refractivity contribution is 9.09. The molecule has 8 heteroatoms. The maximum absolute atomic E-state index is 11.5. The fourth-order valence-corrected chi connectivity index (χ4v) is 2.01. The van der Waals surface area contributed by atoms with Crippen molar-refractivity contribution in [2.75, 3.05) is 11.9 Å². The van der Waals surface area contributed by atoms with Crippen molar-refractivity contribution in [1.82, 2.24) is 5.32 Å². The van der Waals surface area contributed by atoms with Crippen LogP contribution in [0, 0.1) is 0 Å². The van der Waals surface area contributed by atoms with Gasteiger partial charge in [-0.1, -0.05) is 35.6 Å². The SMILES string of the molecule is C[Si](C)(C)CCOC(=O)CC(NC(=O)CBr)C(=O)O. The van der Waals surface area contributed by atoms with Crippen molar-refractivity contribution in [1.29, 1.82) is 0 Å². The van der Waals surface area contributed by atoms with Gasteiger partial charge in [0.25, 0.3) is 0 Å². The predicted octanol–water partition coefficient (Wildman–Crippen LogP) is 1.22. The van der Waals surface area contributed by atoms with Crippen molar-refractivity contribution in [3.05, 3.63) is 0 Å². The summed E-state index contributed by atoms with van der Waals surface area (Å²) >= 11 is 2.91. The van der Waals surface area contributed by atoms with Gasteiger partial charge in [0.15, 0.2) is 0 Å². The maximum atomic E-state index is 11.5. The Hall–Kier alpha value is -0.893. The number of hydrogen-bond donors (Lipinski definition) is 2. The van der Waals surface area contributed by atoms with Crippen molar-refractivity contribution in [2.45, 2.75) is 38.1 Å². The first-order valence-corrected chi connectivity index (χ1v) is 10.7. The summed E-state index contributed by atoms with van der Waals surface area (Å²) < 4.78 is 4.98. The van der Waals surface area contributed by atoms with Crippen LogP contribution in [0.1, 0.15) is 6.42 Å². The van der Waals surface area contributed by atoms with Gasteiger partial charge in [-0.3, -0.25) is 9.59 Å². The van der Waals surface area contributed by atoms with Crippen LogP contribution >= 0.6 is 15.9 Å². The summed E-state index contributed by atoms with van der Waals surface area (Å²) in [6.07, 6.45) is -0.361. The van der Waals surface area contributed by atoms with Crippen molar-refractivity contribution < 1.29 is 24.2 Å². The first-order chi connectivity index (χ1) is 8.65. The molecule has 0 aliphatic heterocycles. The van der Waals surface area contributed by atoms with E-state index in [-0.39, 0.29) is 11.8 Å². The molecule has 0 fully saturated rings. The standard InChI is InChI=1S/C11H20BrNO5Si/c1-19(2,3)5-4-18-10(15)6-8(11(16)17)13-9(14)7-12/h8H,4-7H2,1-3H3,(H,13,14)(H,16,17). The van der Waals surface area contributed by atoms with Crippen LogP contribution in [0.4, 0.5) is 0 Å². The van der Waals surface area contributed by atoms with E-state index in [9.17, 15) is 14.4 Å². The molecule has 0 bridgehead atoms. The molecule has 0 saturated carbocycles. The summed E-state index contributed by atoms with van der Waals surface area (Å²) in [5, 5.41) is 11.1. The molecule has 6 nitrogen and oxygen atoms in total. The molecule has 1 atom stereocenters. The number of amides is 1. The quantitative estimate of drug-likeness (QED) is 0.388. The van der Waals surface area contributed by atoms with Gasteiger partial charge in [-0.25, -0.2) is 4.79 Å². The first-order valence-electron chi connectivity index (χ1n) is 5.89. The molecule has 19 heavy (non-hydrogen) atoms. The molecule has 1 unspecified atom stereocenters. The van der Waals surface area contributed by atoms with Gasteiger partial charge in [0.2, 0.25) is 5.91 Å². The molecule has 0 spiro atoms. The number of aliphatic carboxylic acids is 1. The molecule has 2 N–H and O–H groups in total. The van der Waals surface area contributed by atoms with Gasteiger partial charge in [0.1, 0.15) is 6.04 Å². The fraction of sp³-hybridized carbons (Fsp3) is 0.727. The van der Waals surface area contributed by atoms with Crippen molar-refractivity contribution in [3.8, 4) is 0 Å². The topological polar surface area (TPSA) is 92.7 Å². The van der Waals surface area contributed by atoms with Crippen molar-refractivity contribution in [2.24, 2.45) is 0 Å². The van der Waals surface area contributed by atoms with Crippen LogP contribution in [0.5, 0.6) is 0 Å². The second-order valence-electron chi connectivity index (χ2n) is 5.33. The molecule has 0 aromatic rings. The summed E-state index contributed by atoms with van der Waals surface area (Å²) in [6, 6.07) is -0.422. The van der Waals surface area contributed by atoms with Gasteiger partial charge in [-0.05, 0) is 6.04 Å². The Morgan fingerprint density at radius 2 is 1.89 bits per heavy atom. The number of rotatable bonds is 8. The number of carboxylic acid groups (broad SMARTS) is 1. The lowest BCUT2D eigenvalue weighted by molar-refractivity contribution is -0.150. The number of carbonyl (C=O) groups excluding carboxylic acids is 2. The summed E-state index contributed by atoms with van der Waals surface area (Å²) in [4.78, 5) is 33.5. The molecule has 0 rings (SSSR count). The lowest BCUT2D eigenvalue weighted by atomic mass is 10.2. The molecule has 1 amide bonds. The maximum Gasteiger partial charge on any atom is 0.326 e. The monoisotopic (exact) mass is 353 g/mol. The fourth-order valence-electron chi connectivity index (χ4n) is 1.13. The zero-order chi connectivity index (χ0) is 15.1. The van der Waals surface area contributed by atoms with E-state index >= 15 is 0 Å². The Kier molecular flexibility index (Phi) is 7.92. The highest BCUT2D eigenvalue weighted by atomic mass is 79.9. The Bertz CT molecular complexity index is 342. The molecule has 0 aliphatic carbocycles. The lowest BCUT2D eigenvalue weighted by Gasteiger charge is -2.16. The number of alkyl halides is 1. The van der Waals surface area contributed by atoms with E-state index in [2.05, 4.69) is 40.9 Å². The molecule has 0 radical (unpaired) electrons. The summed E-state index contributed by atoms with van der Waals surface area (Å²) in [6.45, 7) is 6.75. The minimum atomic E-state index is -1.29. The summed E-state index contributed by atoms with van der Waals surface area (Å²) in [5.41, 5.74) is 0. The largest absolute Gasteiger partial charge is 0.480 e. The third kappa shape index (κ3) is 9.66. The Labute approximate surface area is 122 Å². The first kappa shape index (κ1) is 18.1. The second-order valence-corrected chi connectivity index (χ2v) is 11.5. The Balaban J connectivity index is 4.18. The molecule has 0 aliphatic rings. The number of carboxylic acids is 1. The van der Waals surface area contributed by atoms with Crippen LogP contribution in [0.25, 0.3) is 0 Å². The normalized spacial score (nSPS) is 12.6. The third-order valence-electron chi connectivity index (χ3n) is 2.24. The van der Waals surface area contributed by atoms with Gasteiger partial charge in [-0.2, -0.15) is 0 Å². The predicted molar refractivity (Wildman–Crippen MR) is 77.1 cm³/mol. The highest BCUT2D eigenvalue weighted by Crippen LogP contribution is 2.08. The summed E-state index contributed by atoms with van der Waals surface area (Å²) in [5.74, 6) is -2.35. The van der Waals surface area contributed by atoms with Crippen LogP contribution in [0.2, 0.25) is 25.7 Å². The van der Waals surface area contributed by atoms with E-state index in [1.54, 1.807) is 0 Å².